The van der Waals surface area contributed by atoms with Crippen molar-refractivity contribution in [2.75, 3.05) is 0 Å². The first-order chi connectivity index (χ1) is 9.00. The van der Waals surface area contributed by atoms with Gasteiger partial charge in [0.05, 0.1) is 10.3 Å². The maximum Gasteiger partial charge on any atom is 0.230 e. The highest BCUT2D eigenvalue weighted by Gasteiger charge is 2.18. The van der Waals surface area contributed by atoms with Crippen LogP contribution in [0.4, 0.5) is 0 Å². The summed E-state index contributed by atoms with van der Waals surface area (Å²) in [5.74, 6) is 0.275. The van der Waals surface area contributed by atoms with E-state index in [1.54, 1.807) is 17.6 Å². The Kier molecular flexibility index (Phi) is 4.11. The van der Waals surface area contributed by atoms with Crippen LogP contribution in [0.1, 0.15) is 6.92 Å². The van der Waals surface area contributed by atoms with E-state index in [1.165, 1.54) is 11.8 Å². The van der Waals surface area contributed by atoms with E-state index in [4.69, 9.17) is 17.3 Å². The number of aromatic nitrogens is 3. The van der Waals surface area contributed by atoms with E-state index in [1.807, 2.05) is 25.2 Å². The molecule has 0 radical (unpaired) electrons. The lowest BCUT2D eigenvalue weighted by atomic mass is 10.2. The van der Waals surface area contributed by atoms with E-state index in [0.717, 1.165) is 5.56 Å². The van der Waals surface area contributed by atoms with Crippen molar-refractivity contribution < 1.29 is 4.79 Å². The maximum absolute atomic E-state index is 11.1. The molecule has 1 heterocycles. The first-order valence-electron chi connectivity index (χ1n) is 5.61. The van der Waals surface area contributed by atoms with Crippen LogP contribution in [-0.2, 0) is 11.8 Å². The fourth-order valence-corrected chi connectivity index (χ4v) is 2.50. The molecule has 0 saturated heterocycles. The fraction of sp³-hybridized carbons (Fsp3) is 0.250. The number of amides is 1. The highest BCUT2D eigenvalue weighted by Crippen LogP contribution is 2.29. The van der Waals surface area contributed by atoms with Crippen LogP contribution in [-0.4, -0.2) is 25.9 Å². The minimum Gasteiger partial charge on any atom is -0.369 e. The highest BCUT2D eigenvalue weighted by atomic mass is 35.5. The van der Waals surface area contributed by atoms with Crippen molar-refractivity contribution in [1.82, 2.24) is 14.8 Å². The van der Waals surface area contributed by atoms with E-state index in [0.29, 0.717) is 16.0 Å². The largest absolute Gasteiger partial charge is 0.369 e. The average Bonchev–Trinajstić information content (AvgIpc) is 2.72. The number of hydrogen-bond donors (Lipinski definition) is 1. The van der Waals surface area contributed by atoms with Crippen molar-refractivity contribution >= 4 is 29.3 Å². The standard InChI is InChI=1S/C12H13ClN4OS/c1-7(10(14)18)19-12-16-15-11(17(12)2)8-5-3-4-6-9(8)13/h3-7H,1-2H3,(H2,14,18)/t7-/m1/s1. The second-order valence-corrected chi connectivity index (χ2v) is 5.72. The van der Waals surface area contributed by atoms with Gasteiger partial charge in [0.1, 0.15) is 0 Å². The Labute approximate surface area is 120 Å². The van der Waals surface area contributed by atoms with Crippen molar-refractivity contribution in [3.05, 3.63) is 29.3 Å². The molecule has 2 rings (SSSR count). The van der Waals surface area contributed by atoms with Gasteiger partial charge in [0, 0.05) is 12.6 Å². The molecule has 1 amide bonds. The summed E-state index contributed by atoms with van der Waals surface area (Å²) in [5.41, 5.74) is 6.04. The van der Waals surface area contributed by atoms with Crippen LogP contribution in [0.2, 0.25) is 5.02 Å². The van der Waals surface area contributed by atoms with Gasteiger partial charge in [-0.15, -0.1) is 10.2 Å². The minimum atomic E-state index is -0.382. The lowest BCUT2D eigenvalue weighted by molar-refractivity contribution is -0.117. The molecule has 0 aliphatic heterocycles. The summed E-state index contributed by atoms with van der Waals surface area (Å²) in [6.45, 7) is 1.73. The highest BCUT2D eigenvalue weighted by molar-refractivity contribution is 8.00. The Morgan fingerprint density at radius 3 is 2.74 bits per heavy atom. The van der Waals surface area contributed by atoms with E-state index < -0.39 is 0 Å². The molecule has 0 aliphatic rings. The number of nitrogens with zero attached hydrogens (tertiary/aromatic N) is 3. The van der Waals surface area contributed by atoms with Crippen molar-refractivity contribution in [3.63, 3.8) is 0 Å². The van der Waals surface area contributed by atoms with Crippen LogP contribution < -0.4 is 5.73 Å². The molecule has 0 bridgehead atoms. The molecule has 1 atom stereocenters. The number of nitrogens with two attached hydrogens (primary N) is 1. The maximum atomic E-state index is 11.1. The van der Waals surface area contributed by atoms with Crippen LogP contribution in [0.3, 0.4) is 0 Å². The number of carbonyl (C=O) groups is 1. The summed E-state index contributed by atoms with van der Waals surface area (Å²) in [7, 11) is 1.83. The van der Waals surface area contributed by atoms with E-state index in [9.17, 15) is 4.79 Å². The van der Waals surface area contributed by atoms with E-state index in [2.05, 4.69) is 10.2 Å². The predicted octanol–water partition coefficient (Wildman–Crippen LogP) is 2.10. The molecule has 0 fully saturated rings. The molecule has 19 heavy (non-hydrogen) atoms. The summed E-state index contributed by atoms with van der Waals surface area (Å²) in [6.07, 6.45) is 0. The fourth-order valence-electron chi connectivity index (χ4n) is 1.51. The number of carbonyl (C=O) groups excluding carboxylic acids is 1. The van der Waals surface area contributed by atoms with Gasteiger partial charge in [-0.25, -0.2) is 0 Å². The van der Waals surface area contributed by atoms with Gasteiger partial charge in [0.2, 0.25) is 5.91 Å². The lowest BCUT2D eigenvalue weighted by Crippen LogP contribution is -2.22. The second kappa shape index (κ2) is 5.63. The van der Waals surface area contributed by atoms with Gasteiger partial charge in [-0.1, -0.05) is 35.5 Å². The van der Waals surface area contributed by atoms with Crippen LogP contribution in [0.25, 0.3) is 11.4 Å². The second-order valence-electron chi connectivity index (χ2n) is 4.01. The first kappa shape index (κ1) is 13.9. The number of halogens is 1. The van der Waals surface area contributed by atoms with E-state index >= 15 is 0 Å². The summed E-state index contributed by atoms with van der Waals surface area (Å²) in [6, 6.07) is 7.41. The minimum absolute atomic E-state index is 0.359. The third-order valence-electron chi connectivity index (χ3n) is 2.63. The summed E-state index contributed by atoms with van der Waals surface area (Å²) in [4.78, 5) is 11.1. The van der Waals surface area contributed by atoms with Gasteiger partial charge in [-0.3, -0.25) is 4.79 Å². The van der Waals surface area contributed by atoms with E-state index in [-0.39, 0.29) is 11.2 Å². The predicted molar refractivity (Wildman–Crippen MR) is 76.0 cm³/mol. The molecule has 0 saturated carbocycles. The zero-order valence-corrected chi connectivity index (χ0v) is 12.1. The van der Waals surface area contributed by atoms with Crippen LogP contribution >= 0.6 is 23.4 Å². The van der Waals surface area contributed by atoms with Gasteiger partial charge in [-0.2, -0.15) is 0 Å². The molecule has 1 aromatic heterocycles. The summed E-state index contributed by atoms with van der Waals surface area (Å²) < 4.78 is 1.80. The SMILES string of the molecule is C[C@@H](Sc1nnc(-c2ccccc2Cl)n1C)C(N)=O. The van der Waals surface area contributed by atoms with Crippen LogP contribution in [0.5, 0.6) is 0 Å². The summed E-state index contributed by atoms with van der Waals surface area (Å²) in [5, 5.41) is 9.06. The van der Waals surface area contributed by atoms with Gasteiger partial charge >= 0.3 is 0 Å². The normalized spacial score (nSPS) is 12.4. The molecule has 0 spiro atoms. The Morgan fingerprint density at radius 2 is 2.11 bits per heavy atom. The van der Waals surface area contributed by atoms with Crippen molar-refractivity contribution in [3.8, 4) is 11.4 Å². The molecule has 100 valence electrons. The molecular weight excluding hydrogens is 284 g/mol. The van der Waals surface area contributed by atoms with Crippen molar-refractivity contribution in [2.24, 2.45) is 12.8 Å². The van der Waals surface area contributed by atoms with Crippen molar-refractivity contribution in [2.45, 2.75) is 17.3 Å². The Hall–Kier alpha value is -1.53. The third kappa shape index (κ3) is 2.90. The van der Waals surface area contributed by atoms with Gasteiger partial charge in [0.25, 0.3) is 0 Å². The first-order valence-corrected chi connectivity index (χ1v) is 6.86. The quantitative estimate of drug-likeness (QED) is 0.877. The van der Waals surface area contributed by atoms with Crippen LogP contribution in [0, 0.1) is 0 Å². The third-order valence-corrected chi connectivity index (χ3v) is 4.11. The zero-order valence-electron chi connectivity index (χ0n) is 10.5. The number of primary amides is 1. The smallest absolute Gasteiger partial charge is 0.230 e. The molecule has 2 aromatic rings. The summed E-state index contributed by atoms with van der Waals surface area (Å²) >= 11 is 7.41. The lowest BCUT2D eigenvalue weighted by Gasteiger charge is -2.07. The van der Waals surface area contributed by atoms with Gasteiger partial charge in [-0.05, 0) is 19.1 Å². The molecule has 0 aliphatic carbocycles. The van der Waals surface area contributed by atoms with Gasteiger partial charge < -0.3 is 10.3 Å². The molecule has 2 N–H and O–H groups in total. The number of benzene rings is 1. The number of hydrogen-bond acceptors (Lipinski definition) is 4. The Balaban J connectivity index is 2.34. The molecule has 0 unspecified atom stereocenters. The van der Waals surface area contributed by atoms with Crippen molar-refractivity contribution in [1.29, 1.82) is 0 Å². The number of rotatable bonds is 4. The molecule has 7 heteroatoms. The monoisotopic (exact) mass is 296 g/mol. The Morgan fingerprint density at radius 1 is 1.42 bits per heavy atom. The zero-order chi connectivity index (χ0) is 14.0. The van der Waals surface area contributed by atoms with Crippen LogP contribution in [0.15, 0.2) is 29.4 Å². The Bertz CT molecular complexity index is 614. The topological polar surface area (TPSA) is 73.8 Å². The molecule has 5 nitrogen and oxygen atoms in total. The molecular formula is C12H13ClN4OS. The van der Waals surface area contributed by atoms with Gasteiger partial charge in [0.15, 0.2) is 11.0 Å². The average molecular weight is 297 g/mol. The molecule has 1 aromatic carbocycles. The number of thioether (sulfide) groups is 1.